The predicted molar refractivity (Wildman–Crippen MR) is 158 cm³/mol. The number of nitrogens with zero attached hydrogens (tertiary/aromatic N) is 1. The number of benzene rings is 3. The van der Waals surface area contributed by atoms with E-state index in [1.165, 1.54) is 5.56 Å². The maximum absolute atomic E-state index is 11.2. The Morgan fingerprint density at radius 2 is 1.83 bits per heavy atom. The topological polar surface area (TPSA) is 89.5 Å². The number of rotatable bonds is 10. The van der Waals surface area contributed by atoms with Crippen molar-refractivity contribution in [3.05, 3.63) is 70.8 Å². The first-order chi connectivity index (χ1) is 20.0. The van der Waals surface area contributed by atoms with Crippen LogP contribution in [0.4, 0.5) is 5.69 Å². The maximum Gasteiger partial charge on any atom is 0.304 e. The van der Waals surface area contributed by atoms with E-state index in [4.69, 9.17) is 18.9 Å². The lowest BCUT2D eigenvalue weighted by molar-refractivity contribution is -0.137. The molecule has 8 heteroatoms. The number of morpholine rings is 1. The van der Waals surface area contributed by atoms with Crippen LogP contribution in [0.25, 0.3) is 11.1 Å². The van der Waals surface area contributed by atoms with Gasteiger partial charge < -0.3 is 29.4 Å². The number of carbonyl (C=O) groups is 1. The zero-order valence-electron chi connectivity index (χ0n) is 23.8. The molecule has 3 aromatic rings. The van der Waals surface area contributed by atoms with Crippen LogP contribution in [0.5, 0.6) is 17.2 Å². The Labute approximate surface area is 241 Å². The monoisotopic (exact) mass is 558 g/mol. The molecule has 6 rings (SSSR count). The summed E-state index contributed by atoms with van der Waals surface area (Å²) < 4.78 is 23.7. The molecule has 3 heterocycles. The molecule has 0 radical (unpaired) electrons. The quantitative estimate of drug-likeness (QED) is 0.313. The third kappa shape index (κ3) is 5.99. The van der Waals surface area contributed by atoms with Gasteiger partial charge in [0.2, 0.25) is 0 Å². The van der Waals surface area contributed by atoms with Gasteiger partial charge in [0.1, 0.15) is 23.9 Å². The molecule has 216 valence electrons. The van der Waals surface area contributed by atoms with E-state index in [0.29, 0.717) is 19.8 Å². The molecule has 8 nitrogen and oxygen atoms in total. The van der Waals surface area contributed by atoms with Gasteiger partial charge in [-0.2, -0.15) is 0 Å². The Kier molecular flexibility index (Phi) is 8.03. The number of anilines is 1. The van der Waals surface area contributed by atoms with Gasteiger partial charge in [-0.3, -0.25) is 9.69 Å². The van der Waals surface area contributed by atoms with Gasteiger partial charge >= 0.3 is 5.97 Å². The molecule has 1 fully saturated rings. The van der Waals surface area contributed by atoms with Crippen LogP contribution in [0.1, 0.15) is 47.1 Å². The van der Waals surface area contributed by atoms with Gasteiger partial charge in [0, 0.05) is 54.0 Å². The highest BCUT2D eigenvalue weighted by atomic mass is 16.5. The molecule has 2 atom stereocenters. The van der Waals surface area contributed by atoms with Crippen molar-refractivity contribution in [1.82, 2.24) is 4.90 Å². The molecular weight excluding hydrogens is 520 g/mol. The lowest BCUT2D eigenvalue weighted by Gasteiger charge is -2.26. The van der Waals surface area contributed by atoms with E-state index in [9.17, 15) is 9.90 Å². The molecule has 0 aliphatic carbocycles. The summed E-state index contributed by atoms with van der Waals surface area (Å²) in [6.07, 6.45) is 1.07. The van der Waals surface area contributed by atoms with Crippen LogP contribution in [0.2, 0.25) is 0 Å². The number of hydrogen-bond acceptors (Lipinski definition) is 7. The number of ether oxygens (including phenoxy) is 4. The molecule has 1 saturated heterocycles. The molecular formula is C33H38N2O6. The molecule has 41 heavy (non-hydrogen) atoms. The fourth-order valence-electron chi connectivity index (χ4n) is 6.25. The van der Waals surface area contributed by atoms with E-state index in [0.717, 1.165) is 90.0 Å². The van der Waals surface area contributed by atoms with Crippen molar-refractivity contribution in [3.8, 4) is 28.4 Å². The number of carboxylic acids is 1. The SMILES string of the molecule is Cc1cc(OCCCN2CCOCC2)cc(C)c1-c1cccc2c1OCC2Nc1ccc2c(c1)OCC2CC(=O)O. The summed E-state index contributed by atoms with van der Waals surface area (Å²) in [7, 11) is 0. The van der Waals surface area contributed by atoms with Crippen LogP contribution in [0.15, 0.2) is 48.5 Å². The average molecular weight is 559 g/mol. The molecule has 0 aromatic heterocycles. The summed E-state index contributed by atoms with van der Waals surface area (Å²) in [6, 6.07) is 16.5. The minimum atomic E-state index is -0.809. The van der Waals surface area contributed by atoms with Crippen LogP contribution in [-0.4, -0.2) is 68.6 Å². The molecule has 0 spiro atoms. The third-order valence-corrected chi connectivity index (χ3v) is 8.24. The van der Waals surface area contributed by atoms with Crippen LogP contribution >= 0.6 is 0 Å². The normalized spacial score (nSPS) is 19.7. The van der Waals surface area contributed by atoms with E-state index >= 15 is 0 Å². The Bertz CT molecular complexity index is 1390. The summed E-state index contributed by atoms with van der Waals surface area (Å²) >= 11 is 0. The minimum absolute atomic E-state index is 0.00564. The fraction of sp³-hybridized carbons (Fsp3) is 0.424. The van der Waals surface area contributed by atoms with Gasteiger partial charge in [-0.25, -0.2) is 0 Å². The first-order valence-electron chi connectivity index (χ1n) is 14.5. The summed E-state index contributed by atoms with van der Waals surface area (Å²) in [4.78, 5) is 13.6. The number of aliphatic carboxylic acids is 1. The third-order valence-electron chi connectivity index (χ3n) is 8.24. The van der Waals surface area contributed by atoms with Crippen molar-refractivity contribution in [1.29, 1.82) is 0 Å². The largest absolute Gasteiger partial charge is 0.494 e. The van der Waals surface area contributed by atoms with Gasteiger partial charge in [0.15, 0.2) is 0 Å². The van der Waals surface area contributed by atoms with Crippen molar-refractivity contribution in [2.24, 2.45) is 0 Å². The van der Waals surface area contributed by atoms with E-state index in [1.54, 1.807) is 0 Å². The lowest BCUT2D eigenvalue weighted by atomic mass is 9.92. The molecule has 2 N–H and O–H groups in total. The molecule has 0 saturated carbocycles. The number of fused-ring (bicyclic) bond motifs is 2. The van der Waals surface area contributed by atoms with E-state index in [-0.39, 0.29) is 18.4 Å². The Morgan fingerprint density at radius 1 is 1.02 bits per heavy atom. The van der Waals surface area contributed by atoms with Crippen LogP contribution in [0.3, 0.4) is 0 Å². The summed E-state index contributed by atoms with van der Waals surface area (Å²) in [5.74, 6) is 1.66. The highest BCUT2D eigenvalue weighted by Gasteiger charge is 2.30. The van der Waals surface area contributed by atoms with E-state index < -0.39 is 5.97 Å². The van der Waals surface area contributed by atoms with Crippen molar-refractivity contribution < 1.29 is 28.8 Å². The van der Waals surface area contributed by atoms with E-state index in [1.807, 2.05) is 18.2 Å². The molecule has 0 bridgehead atoms. The zero-order chi connectivity index (χ0) is 28.3. The minimum Gasteiger partial charge on any atom is -0.494 e. The number of aryl methyl sites for hydroxylation is 2. The molecule has 0 amide bonds. The number of nitrogens with one attached hydrogen (secondary N) is 1. The van der Waals surface area contributed by atoms with Crippen LogP contribution < -0.4 is 19.5 Å². The van der Waals surface area contributed by atoms with Gasteiger partial charge in [0.25, 0.3) is 0 Å². The van der Waals surface area contributed by atoms with Crippen molar-refractivity contribution in [3.63, 3.8) is 0 Å². The van der Waals surface area contributed by atoms with Gasteiger partial charge in [-0.15, -0.1) is 0 Å². The first-order valence-corrected chi connectivity index (χ1v) is 14.5. The van der Waals surface area contributed by atoms with Crippen LogP contribution in [-0.2, 0) is 9.53 Å². The summed E-state index contributed by atoms with van der Waals surface area (Å²) in [5.41, 5.74) is 7.59. The van der Waals surface area contributed by atoms with Gasteiger partial charge in [-0.1, -0.05) is 24.3 Å². The smallest absolute Gasteiger partial charge is 0.304 e. The standard InChI is InChI=1S/C33H38N2O6/c1-21-15-25(39-12-4-9-35-10-13-38-14-11-35)16-22(2)32(21)28-6-3-5-27-29(20-41-33(27)28)34-24-7-8-26-23(17-31(36)37)19-40-30(26)18-24/h3,5-8,15-16,18,23,29,34H,4,9-14,17,19-20H2,1-2H3,(H,36,37). The predicted octanol–water partition coefficient (Wildman–Crippen LogP) is 5.57. The number of carboxylic acid groups (broad SMARTS) is 1. The lowest BCUT2D eigenvalue weighted by Crippen LogP contribution is -2.37. The second kappa shape index (κ2) is 12.0. The molecule has 3 aliphatic heterocycles. The number of para-hydroxylation sites is 1. The zero-order valence-corrected chi connectivity index (χ0v) is 23.8. The van der Waals surface area contributed by atoms with Crippen molar-refractivity contribution in [2.75, 3.05) is 58.0 Å². The van der Waals surface area contributed by atoms with Crippen molar-refractivity contribution in [2.45, 2.75) is 38.6 Å². The summed E-state index contributed by atoms with van der Waals surface area (Å²) in [6.45, 7) is 10.6. The van der Waals surface area contributed by atoms with E-state index in [2.05, 4.69) is 54.4 Å². The second-order valence-corrected chi connectivity index (χ2v) is 11.2. The maximum atomic E-state index is 11.2. The molecule has 2 unspecified atom stereocenters. The Hall–Kier alpha value is -3.75. The van der Waals surface area contributed by atoms with Crippen molar-refractivity contribution >= 4 is 11.7 Å². The second-order valence-electron chi connectivity index (χ2n) is 11.2. The molecule has 3 aliphatic rings. The number of hydrogen-bond donors (Lipinski definition) is 2. The Balaban J connectivity index is 1.14. The average Bonchev–Trinajstić information content (AvgIpc) is 3.55. The fourth-order valence-corrected chi connectivity index (χ4v) is 6.25. The summed E-state index contributed by atoms with van der Waals surface area (Å²) in [5, 5.41) is 12.8. The highest BCUT2D eigenvalue weighted by Crippen LogP contribution is 2.45. The Morgan fingerprint density at radius 3 is 2.61 bits per heavy atom. The molecule has 3 aromatic carbocycles. The van der Waals surface area contributed by atoms with Gasteiger partial charge in [-0.05, 0) is 55.2 Å². The van der Waals surface area contributed by atoms with Crippen LogP contribution in [0, 0.1) is 13.8 Å². The first kappa shape index (κ1) is 27.4. The van der Waals surface area contributed by atoms with Gasteiger partial charge in [0.05, 0.1) is 38.9 Å². The highest BCUT2D eigenvalue weighted by molar-refractivity contribution is 5.79.